The Kier molecular flexibility index (Phi) is 7.01. The van der Waals surface area contributed by atoms with Gasteiger partial charge in [-0.15, -0.1) is 0 Å². The van der Waals surface area contributed by atoms with E-state index in [4.69, 9.17) is 4.74 Å². The lowest BCUT2D eigenvalue weighted by atomic mass is 10.1. The van der Waals surface area contributed by atoms with Crippen molar-refractivity contribution in [3.8, 4) is 5.75 Å². The number of amides is 2. The lowest BCUT2D eigenvalue weighted by Gasteiger charge is -2.28. The molecule has 0 saturated carbocycles. The largest absolute Gasteiger partial charge is 0.484 e. The lowest BCUT2D eigenvalue weighted by Crippen LogP contribution is -2.48. The van der Waals surface area contributed by atoms with Crippen molar-refractivity contribution in [3.05, 3.63) is 64.6 Å². The van der Waals surface area contributed by atoms with Gasteiger partial charge in [-0.1, -0.05) is 46.3 Å². The minimum atomic E-state index is -0.601. The molecular formula is C19H21BrN2O3. The summed E-state index contributed by atoms with van der Waals surface area (Å²) in [6, 6.07) is 16.2. The number of rotatable bonds is 7. The third-order valence-electron chi connectivity index (χ3n) is 3.76. The van der Waals surface area contributed by atoms with Crippen molar-refractivity contribution in [2.45, 2.75) is 19.5 Å². The highest BCUT2D eigenvalue weighted by Crippen LogP contribution is 2.16. The predicted molar refractivity (Wildman–Crippen MR) is 100 cm³/mol. The highest BCUT2D eigenvalue weighted by atomic mass is 79.9. The van der Waals surface area contributed by atoms with E-state index in [1.54, 1.807) is 26.1 Å². The maximum absolute atomic E-state index is 12.7. The quantitative estimate of drug-likeness (QED) is 0.771. The van der Waals surface area contributed by atoms with Gasteiger partial charge in [-0.25, -0.2) is 0 Å². The average molecular weight is 405 g/mol. The number of halogens is 1. The Morgan fingerprint density at radius 3 is 2.52 bits per heavy atom. The molecule has 0 saturated heterocycles. The van der Waals surface area contributed by atoms with E-state index in [1.807, 2.05) is 42.5 Å². The molecule has 0 aliphatic rings. The summed E-state index contributed by atoms with van der Waals surface area (Å²) in [7, 11) is 1.56. The number of nitrogens with zero attached hydrogens (tertiary/aromatic N) is 1. The third kappa shape index (κ3) is 5.60. The minimum absolute atomic E-state index is 0.126. The molecule has 0 spiro atoms. The molecule has 1 atom stereocenters. The van der Waals surface area contributed by atoms with Crippen LogP contribution in [0.15, 0.2) is 59.1 Å². The van der Waals surface area contributed by atoms with Crippen LogP contribution >= 0.6 is 15.9 Å². The SMILES string of the molecule is CNC(=O)C(C)N(Cc1cccc(Br)c1)C(=O)COc1ccccc1. The molecule has 0 heterocycles. The summed E-state index contributed by atoms with van der Waals surface area (Å²) in [6.45, 7) is 1.90. The highest BCUT2D eigenvalue weighted by molar-refractivity contribution is 9.10. The normalized spacial score (nSPS) is 11.5. The first kappa shape index (κ1) is 19.0. The number of carbonyl (C=O) groups excluding carboxylic acids is 2. The zero-order valence-electron chi connectivity index (χ0n) is 14.2. The van der Waals surface area contributed by atoms with Crippen LogP contribution in [-0.4, -0.2) is 36.4 Å². The molecule has 25 heavy (non-hydrogen) atoms. The van der Waals surface area contributed by atoms with Crippen molar-refractivity contribution >= 4 is 27.7 Å². The number of ether oxygens (including phenoxy) is 1. The van der Waals surface area contributed by atoms with Crippen molar-refractivity contribution in [1.29, 1.82) is 0 Å². The molecule has 0 radical (unpaired) electrons. The summed E-state index contributed by atoms with van der Waals surface area (Å²) >= 11 is 3.42. The number of para-hydroxylation sites is 1. The molecule has 2 amide bonds. The van der Waals surface area contributed by atoms with Gasteiger partial charge in [-0.05, 0) is 36.8 Å². The fourth-order valence-corrected chi connectivity index (χ4v) is 2.81. The Morgan fingerprint density at radius 1 is 1.16 bits per heavy atom. The molecule has 132 valence electrons. The Hall–Kier alpha value is -2.34. The van der Waals surface area contributed by atoms with Gasteiger partial charge in [0.2, 0.25) is 5.91 Å². The summed E-state index contributed by atoms with van der Waals surface area (Å²) < 4.78 is 6.46. The fourth-order valence-electron chi connectivity index (χ4n) is 2.37. The number of hydrogen-bond acceptors (Lipinski definition) is 3. The van der Waals surface area contributed by atoms with Crippen molar-refractivity contribution in [3.63, 3.8) is 0 Å². The minimum Gasteiger partial charge on any atom is -0.484 e. The van der Waals surface area contributed by atoms with Crippen LogP contribution in [0.25, 0.3) is 0 Å². The van der Waals surface area contributed by atoms with Crippen molar-refractivity contribution in [2.24, 2.45) is 0 Å². The number of hydrogen-bond donors (Lipinski definition) is 1. The van der Waals surface area contributed by atoms with E-state index in [9.17, 15) is 9.59 Å². The zero-order valence-corrected chi connectivity index (χ0v) is 15.8. The second-order valence-electron chi connectivity index (χ2n) is 5.54. The number of benzene rings is 2. The van der Waals surface area contributed by atoms with Gasteiger partial charge >= 0.3 is 0 Å². The first-order valence-corrected chi connectivity index (χ1v) is 8.74. The third-order valence-corrected chi connectivity index (χ3v) is 4.25. The molecule has 2 aromatic rings. The van der Waals surface area contributed by atoms with E-state index in [0.717, 1.165) is 10.0 Å². The van der Waals surface area contributed by atoms with Crippen LogP contribution in [0.5, 0.6) is 5.75 Å². The van der Waals surface area contributed by atoms with Gasteiger partial charge in [-0.3, -0.25) is 9.59 Å². The van der Waals surface area contributed by atoms with Crippen LogP contribution in [0.1, 0.15) is 12.5 Å². The predicted octanol–water partition coefficient (Wildman–Crippen LogP) is 2.99. The molecule has 1 unspecified atom stereocenters. The second kappa shape index (κ2) is 9.22. The molecule has 1 N–H and O–H groups in total. The van der Waals surface area contributed by atoms with Crippen LogP contribution in [0.3, 0.4) is 0 Å². The molecule has 0 fully saturated rings. The molecule has 2 aromatic carbocycles. The topological polar surface area (TPSA) is 58.6 Å². The van der Waals surface area contributed by atoms with Gasteiger partial charge in [0.1, 0.15) is 11.8 Å². The Bertz CT molecular complexity index is 722. The van der Waals surface area contributed by atoms with E-state index >= 15 is 0 Å². The summed E-state index contributed by atoms with van der Waals surface area (Å²) in [5.74, 6) is 0.147. The molecule has 0 bridgehead atoms. The standard InChI is InChI=1S/C19H21BrN2O3/c1-14(19(24)21-2)22(12-15-7-6-8-16(20)11-15)18(23)13-25-17-9-4-3-5-10-17/h3-11,14H,12-13H2,1-2H3,(H,21,24). The maximum Gasteiger partial charge on any atom is 0.261 e. The second-order valence-corrected chi connectivity index (χ2v) is 6.46. The Morgan fingerprint density at radius 2 is 1.88 bits per heavy atom. The van der Waals surface area contributed by atoms with E-state index in [0.29, 0.717) is 12.3 Å². The molecule has 0 aliphatic carbocycles. The van der Waals surface area contributed by atoms with E-state index in [2.05, 4.69) is 21.2 Å². The molecule has 0 aliphatic heterocycles. The summed E-state index contributed by atoms with van der Waals surface area (Å²) in [4.78, 5) is 26.2. The zero-order chi connectivity index (χ0) is 18.2. The van der Waals surface area contributed by atoms with E-state index in [1.165, 1.54) is 4.90 Å². The van der Waals surface area contributed by atoms with Crippen molar-refractivity contribution in [1.82, 2.24) is 10.2 Å². The molecule has 6 heteroatoms. The average Bonchev–Trinajstić information content (AvgIpc) is 2.64. The maximum atomic E-state index is 12.7. The first-order valence-electron chi connectivity index (χ1n) is 7.94. The number of nitrogens with one attached hydrogen (secondary N) is 1. The summed E-state index contributed by atoms with van der Waals surface area (Å²) in [5.41, 5.74) is 0.929. The van der Waals surface area contributed by atoms with Crippen LogP contribution < -0.4 is 10.1 Å². The number of likely N-dealkylation sites (N-methyl/N-ethyl adjacent to an activating group) is 1. The van der Waals surface area contributed by atoms with Crippen LogP contribution in [0, 0.1) is 0 Å². The fraction of sp³-hybridized carbons (Fsp3) is 0.263. The highest BCUT2D eigenvalue weighted by Gasteiger charge is 2.25. The molecule has 5 nitrogen and oxygen atoms in total. The van der Waals surface area contributed by atoms with Gasteiger partial charge in [0, 0.05) is 18.1 Å². The first-order chi connectivity index (χ1) is 12.0. The molecular weight excluding hydrogens is 384 g/mol. The number of carbonyl (C=O) groups is 2. The monoisotopic (exact) mass is 404 g/mol. The smallest absolute Gasteiger partial charge is 0.261 e. The van der Waals surface area contributed by atoms with Gasteiger partial charge in [-0.2, -0.15) is 0 Å². The van der Waals surface area contributed by atoms with Crippen molar-refractivity contribution < 1.29 is 14.3 Å². The van der Waals surface area contributed by atoms with Crippen LogP contribution in [0.4, 0.5) is 0 Å². The molecule has 2 rings (SSSR count). The Balaban J connectivity index is 2.12. The lowest BCUT2D eigenvalue weighted by molar-refractivity contribution is -0.142. The van der Waals surface area contributed by atoms with Crippen molar-refractivity contribution in [2.75, 3.05) is 13.7 Å². The van der Waals surface area contributed by atoms with Gasteiger partial charge in [0.15, 0.2) is 6.61 Å². The summed E-state index contributed by atoms with van der Waals surface area (Å²) in [5, 5.41) is 2.59. The van der Waals surface area contributed by atoms with Crippen LogP contribution in [-0.2, 0) is 16.1 Å². The van der Waals surface area contributed by atoms with Gasteiger partial charge in [0.25, 0.3) is 5.91 Å². The van der Waals surface area contributed by atoms with Gasteiger partial charge in [0.05, 0.1) is 0 Å². The summed E-state index contributed by atoms with van der Waals surface area (Å²) in [6.07, 6.45) is 0. The van der Waals surface area contributed by atoms with E-state index in [-0.39, 0.29) is 18.4 Å². The van der Waals surface area contributed by atoms with E-state index < -0.39 is 6.04 Å². The van der Waals surface area contributed by atoms with Crippen LogP contribution in [0.2, 0.25) is 0 Å². The molecule has 0 aromatic heterocycles. The van der Waals surface area contributed by atoms with Gasteiger partial charge < -0.3 is 15.0 Å². The Labute approximate surface area is 156 Å².